The van der Waals surface area contributed by atoms with Crippen molar-refractivity contribution in [3.05, 3.63) is 130 Å². The summed E-state index contributed by atoms with van der Waals surface area (Å²) in [7, 11) is -4.59. The van der Waals surface area contributed by atoms with Crippen LogP contribution >= 0.6 is 11.6 Å². The molecule has 48 heavy (non-hydrogen) atoms. The maximum Gasteiger partial charge on any atom is 0.417 e. The third kappa shape index (κ3) is 9.17. The predicted octanol–water partition coefficient (Wildman–Crippen LogP) is 7.27. The zero-order chi connectivity index (χ0) is 35.1. The first-order chi connectivity index (χ1) is 22.7. The monoisotopic (exact) mass is 699 g/mol. The number of amides is 2. The van der Waals surface area contributed by atoms with Crippen molar-refractivity contribution in [3.8, 4) is 0 Å². The Hall–Kier alpha value is -4.35. The Labute approximate surface area is 284 Å². The van der Waals surface area contributed by atoms with Gasteiger partial charge in [0, 0.05) is 19.5 Å². The third-order valence-corrected chi connectivity index (χ3v) is 9.83. The van der Waals surface area contributed by atoms with Gasteiger partial charge in [-0.05, 0) is 59.9 Å². The van der Waals surface area contributed by atoms with Gasteiger partial charge in [-0.2, -0.15) is 13.2 Å². The van der Waals surface area contributed by atoms with E-state index in [2.05, 4.69) is 5.32 Å². The summed E-state index contributed by atoms with van der Waals surface area (Å²) in [6, 6.07) is 25.0. The number of halogens is 4. The van der Waals surface area contributed by atoms with E-state index in [4.69, 9.17) is 11.6 Å². The van der Waals surface area contributed by atoms with Crippen molar-refractivity contribution in [1.29, 1.82) is 0 Å². The molecule has 0 heterocycles. The van der Waals surface area contributed by atoms with Crippen molar-refractivity contribution in [1.82, 2.24) is 10.2 Å². The molecular weight excluding hydrogens is 663 g/mol. The molecule has 0 aliphatic rings. The number of carbonyl (C=O) groups is 2. The fourth-order valence-electron chi connectivity index (χ4n) is 5.08. The number of rotatable bonds is 13. The summed E-state index contributed by atoms with van der Waals surface area (Å²) in [4.78, 5) is 29.5. The molecule has 4 rings (SSSR count). The lowest BCUT2D eigenvalue weighted by Gasteiger charge is -2.34. The second-order valence-electron chi connectivity index (χ2n) is 11.8. The van der Waals surface area contributed by atoms with E-state index in [0.29, 0.717) is 22.5 Å². The number of anilines is 1. The molecule has 0 saturated carbocycles. The fourth-order valence-corrected chi connectivity index (χ4v) is 6.73. The van der Waals surface area contributed by atoms with Gasteiger partial charge in [-0.15, -0.1) is 0 Å². The second-order valence-corrected chi connectivity index (χ2v) is 14.0. The smallest absolute Gasteiger partial charge is 0.354 e. The van der Waals surface area contributed by atoms with Crippen molar-refractivity contribution >= 4 is 39.1 Å². The molecule has 1 unspecified atom stereocenters. The van der Waals surface area contributed by atoms with E-state index in [1.54, 1.807) is 30.3 Å². The summed E-state index contributed by atoms with van der Waals surface area (Å²) in [6.07, 6.45) is -4.79. The van der Waals surface area contributed by atoms with Crippen LogP contribution in [0.3, 0.4) is 0 Å². The lowest BCUT2D eigenvalue weighted by atomic mass is 10.0. The number of nitrogens with one attached hydrogen (secondary N) is 1. The lowest BCUT2D eigenvalue weighted by molar-refractivity contribution is -0.140. The van der Waals surface area contributed by atoms with Gasteiger partial charge in [0.15, 0.2) is 0 Å². The molecule has 4 aromatic carbocycles. The number of aryl methyl sites for hydroxylation is 1. The summed E-state index contributed by atoms with van der Waals surface area (Å²) < 4.78 is 70.6. The van der Waals surface area contributed by atoms with E-state index in [9.17, 15) is 31.2 Å². The minimum atomic E-state index is -4.90. The van der Waals surface area contributed by atoms with Crippen molar-refractivity contribution < 1.29 is 31.2 Å². The zero-order valence-electron chi connectivity index (χ0n) is 26.7. The average molecular weight is 700 g/mol. The molecule has 0 aromatic heterocycles. The van der Waals surface area contributed by atoms with Crippen LogP contribution in [0.2, 0.25) is 5.02 Å². The quantitative estimate of drug-likeness (QED) is 0.159. The van der Waals surface area contributed by atoms with E-state index in [1.165, 1.54) is 29.2 Å². The molecule has 2 amide bonds. The van der Waals surface area contributed by atoms with Crippen molar-refractivity contribution in [2.24, 2.45) is 5.92 Å². The first-order valence-corrected chi connectivity index (χ1v) is 17.1. The Balaban J connectivity index is 1.86. The molecule has 12 heteroatoms. The average Bonchev–Trinajstić information content (AvgIpc) is 3.05. The van der Waals surface area contributed by atoms with E-state index < -0.39 is 56.9 Å². The molecule has 0 radical (unpaired) electrons. The summed E-state index contributed by atoms with van der Waals surface area (Å²) in [5.41, 5.74) is 0.630. The van der Waals surface area contributed by atoms with E-state index in [1.807, 2.05) is 51.1 Å². The molecule has 254 valence electrons. The van der Waals surface area contributed by atoms with Gasteiger partial charge in [0.2, 0.25) is 11.8 Å². The summed E-state index contributed by atoms with van der Waals surface area (Å²) in [6.45, 7) is 5.07. The van der Waals surface area contributed by atoms with Crippen LogP contribution in [0, 0.1) is 12.8 Å². The molecule has 1 N–H and O–H groups in total. The molecule has 4 aromatic rings. The van der Waals surface area contributed by atoms with E-state index >= 15 is 0 Å². The fraction of sp³-hybridized carbons (Fsp3) is 0.278. The molecule has 7 nitrogen and oxygen atoms in total. The molecule has 0 fully saturated rings. The molecule has 0 saturated heterocycles. The Kier molecular flexibility index (Phi) is 11.9. The highest BCUT2D eigenvalue weighted by Gasteiger charge is 2.37. The summed E-state index contributed by atoms with van der Waals surface area (Å²) in [5.74, 6) is -1.13. The molecule has 0 aliphatic heterocycles. The van der Waals surface area contributed by atoms with Crippen LogP contribution in [0.25, 0.3) is 0 Å². The number of sulfonamides is 1. The third-order valence-electron chi connectivity index (χ3n) is 7.71. The predicted molar refractivity (Wildman–Crippen MR) is 181 cm³/mol. The maximum absolute atomic E-state index is 14.5. The van der Waals surface area contributed by atoms with Gasteiger partial charge >= 0.3 is 6.18 Å². The first-order valence-electron chi connectivity index (χ1n) is 15.3. The topological polar surface area (TPSA) is 86.8 Å². The molecule has 0 spiro atoms. The number of hydrogen-bond acceptors (Lipinski definition) is 4. The normalized spacial score (nSPS) is 12.4. The number of nitrogens with zero attached hydrogens (tertiary/aromatic N) is 2. The molecule has 0 bridgehead atoms. The summed E-state index contributed by atoms with van der Waals surface area (Å²) >= 11 is 5.88. The highest BCUT2D eigenvalue weighted by Crippen LogP contribution is 2.38. The van der Waals surface area contributed by atoms with E-state index in [0.717, 1.165) is 23.3 Å². The highest BCUT2D eigenvalue weighted by atomic mass is 35.5. The highest BCUT2D eigenvalue weighted by molar-refractivity contribution is 7.92. The van der Waals surface area contributed by atoms with Gasteiger partial charge in [-0.25, -0.2) is 8.42 Å². The maximum atomic E-state index is 14.5. The molecule has 0 aliphatic carbocycles. The van der Waals surface area contributed by atoms with Gasteiger partial charge in [0.25, 0.3) is 10.0 Å². The van der Waals surface area contributed by atoms with Gasteiger partial charge in [0.1, 0.15) is 12.6 Å². The minimum Gasteiger partial charge on any atom is -0.354 e. The molecular formula is C36H37ClF3N3O4S. The number of carbonyl (C=O) groups excluding carboxylic acids is 2. The largest absolute Gasteiger partial charge is 0.417 e. The van der Waals surface area contributed by atoms with Crippen LogP contribution in [0.1, 0.15) is 36.1 Å². The Morgan fingerprint density at radius 2 is 1.48 bits per heavy atom. The van der Waals surface area contributed by atoms with Crippen LogP contribution in [0.4, 0.5) is 18.9 Å². The molecule has 1 atom stereocenters. The van der Waals surface area contributed by atoms with Crippen LogP contribution in [0.15, 0.2) is 108 Å². The van der Waals surface area contributed by atoms with Gasteiger partial charge in [-0.1, -0.05) is 98.2 Å². The van der Waals surface area contributed by atoms with Crippen LogP contribution < -0.4 is 9.62 Å². The van der Waals surface area contributed by atoms with Gasteiger partial charge in [-0.3, -0.25) is 13.9 Å². The first kappa shape index (κ1) is 36.5. The Morgan fingerprint density at radius 1 is 0.875 bits per heavy atom. The van der Waals surface area contributed by atoms with Crippen LogP contribution in [-0.2, 0) is 38.8 Å². The SMILES string of the molecule is Cc1ccccc1CN(C(=O)CN(c1ccc(Cl)c(C(F)(F)F)c1)S(=O)(=O)c1ccccc1)C(Cc1ccccc1)C(=O)NCC(C)C. The Morgan fingerprint density at radius 3 is 2.08 bits per heavy atom. The Bertz CT molecular complexity index is 1820. The second kappa shape index (κ2) is 15.7. The van der Waals surface area contributed by atoms with Gasteiger partial charge in [0.05, 0.1) is 21.2 Å². The van der Waals surface area contributed by atoms with Crippen molar-refractivity contribution in [2.45, 2.75) is 50.9 Å². The van der Waals surface area contributed by atoms with Crippen molar-refractivity contribution in [3.63, 3.8) is 0 Å². The summed E-state index contributed by atoms with van der Waals surface area (Å²) in [5, 5.41) is 2.28. The number of benzene rings is 4. The van der Waals surface area contributed by atoms with E-state index in [-0.39, 0.29) is 23.8 Å². The standard InChI is InChI=1S/C36H37ClF3N3O4S/c1-25(2)22-41-35(45)33(20-27-13-6-4-7-14-27)42(23-28-15-11-10-12-26(28)3)34(44)24-43(48(46,47)30-16-8-5-9-17-30)29-18-19-32(37)31(21-29)36(38,39)40/h4-19,21,25,33H,20,22-24H2,1-3H3,(H,41,45). The number of hydrogen-bond donors (Lipinski definition) is 1. The number of alkyl halides is 3. The lowest BCUT2D eigenvalue weighted by Crippen LogP contribution is -2.53. The van der Waals surface area contributed by atoms with Crippen molar-refractivity contribution in [2.75, 3.05) is 17.4 Å². The van der Waals surface area contributed by atoms with Crippen LogP contribution in [-0.4, -0.2) is 44.3 Å². The van der Waals surface area contributed by atoms with Gasteiger partial charge < -0.3 is 10.2 Å². The zero-order valence-corrected chi connectivity index (χ0v) is 28.3. The minimum absolute atomic E-state index is 0.0637. The van der Waals surface area contributed by atoms with Crippen LogP contribution in [0.5, 0.6) is 0 Å².